The number of dihydropyridines is 1. The van der Waals surface area contributed by atoms with Gasteiger partial charge in [-0.25, -0.2) is 9.59 Å². The highest BCUT2D eigenvalue weighted by Crippen LogP contribution is 2.42. The second-order valence-corrected chi connectivity index (χ2v) is 11.0. The van der Waals surface area contributed by atoms with Gasteiger partial charge >= 0.3 is 11.9 Å². The fraction of sp³-hybridized carbons (Fsp3) is 0.387. The number of esters is 2. The molecule has 1 heterocycles. The summed E-state index contributed by atoms with van der Waals surface area (Å²) in [4.78, 5) is 38.0. The standard InChI is InChI=1S/C31H38ClN3O7/c1-18-26(29(38)40-5)28(27(19(2)35-18)30(39)41-6)22-13-12-21(14-23(22)32)42-16-25(37)33-17-31(3,4)34-15-24(36)20-10-8-7-9-11-20/h7-14,24,28,34-36H,15-17H2,1-6H3,(H,33,37). The number of carbonyl (C=O) groups excluding carboxylic acids is 3. The Balaban J connectivity index is 1.65. The molecule has 1 unspecified atom stereocenters. The number of nitrogens with one attached hydrogen (secondary N) is 3. The van der Waals surface area contributed by atoms with Crippen LogP contribution in [0.3, 0.4) is 0 Å². The number of ether oxygens (including phenoxy) is 3. The molecule has 10 nitrogen and oxygen atoms in total. The van der Waals surface area contributed by atoms with Crippen molar-refractivity contribution in [3.63, 3.8) is 0 Å². The van der Waals surface area contributed by atoms with E-state index < -0.39 is 29.5 Å². The van der Waals surface area contributed by atoms with Gasteiger partial charge in [0.1, 0.15) is 5.75 Å². The summed E-state index contributed by atoms with van der Waals surface area (Å²) in [5.41, 5.74) is 2.30. The lowest BCUT2D eigenvalue weighted by atomic mass is 9.80. The second-order valence-electron chi connectivity index (χ2n) is 10.6. The van der Waals surface area contributed by atoms with Crippen molar-refractivity contribution < 1.29 is 33.7 Å². The number of β-amino-alcohol motifs (C(OH)–C–C–N with tert-alkyl or cyclic N) is 1. The number of amides is 1. The van der Waals surface area contributed by atoms with Gasteiger partial charge in [-0.3, -0.25) is 4.79 Å². The number of aliphatic hydroxyl groups excluding tert-OH is 1. The van der Waals surface area contributed by atoms with Crippen LogP contribution in [0.15, 0.2) is 71.1 Å². The number of hydrogen-bond acceptors (Lipinski definition) is 9. The van der Waals surface area contributed by atoms with E-state index in [-0.39, 0.29) is 28.7 Å². The quantitative estimate of drug-likeness (QED) is 0.270. The van der Waals surface area contributed by atoms with Crippen molar-refractivity contribution in [2.45, 2.75) is 45.3 Å². The van der Waals surface area contributed by atoms with Crippen LogP contribution in [0.2, 0.25) is 5.02 Å². The topological polar surface area (TPSA) is 135 Å². The Hall–Kier alpha value is -3.86. The van der Waals surface area contributed by atoms with Crippen LogP contribution in [-0.2, 0) is 23.9 Å². The molecule has 0 aromatic heterocycles. The molecule has 4 N–H and O–H groups in total. The molecule has 1 amide bonds. The van der Waals surface area contributed by atoms with Crippen molar-refractivity contribution in [2.75, 3.05) is 33.9 Å². The fourth-order valence-corrected chi connectivity index (χ4v) is 4.93. The summed E-state index contributed by atoms with van der Waals surface area (Å²) in [5, 5.41) is 19.8. The molecule has 0 spiro atoms. The smallest absolute Gasteiger partial charge is 0.336 e. The highest BCUT2D eigenvalue weighted by atomic mass is 35.5. The van der Waals surface area contributed by atoms with Gasteiger partial charge in [-0.05, 0) is 51.0 Å². The fourth-order valence-electron chi connectivity index (χ4n) is 4.65. The molecule has 1 aliphatic rings. The van der Waals surface area contributed by atoms with E-state index in [1.807, 2.05) is 44.2 Å². The number of benzene rings is 2. The van der Waals surface area contributed by atoms with Crippen LogP contribution >= 0.6 is 11.6 Å². The molecule has 1 atom stereocenters. The van der Waals surface area contributed by atoms with E-state index >= 15 is 0 Å². The average Bonchev–Trinajstić information content (AvgIpc) is 2.97. The van der Waals surface area contributed by atoms with Crippen LogP contribution in [0.5, 0.6) is 5.75 Å². The van der Waals surface area contributed by atoms with E-state index in [9.17, 15) is 19.5 Å². The number of methoxy groups -OCH3 is 2. The minimum Gasteiger partial charge on any atom is -0.484 e. The van der Waals surface area contributed by atoms with Crippen LogP contribution in [0.1, 0.15) is 50.8 Å². The molecule has 0 saturated heterocycles. The van der Waals surface area contributed by atoms with Crippen LogP contribution in [0.4, 0.5) is 0 Å². The highest BCUT2D eigenvalue weighted by Gasteiger charge is 2.38. The minimum absolute atomic E-state index is 0.227. The minimum atomic E-state index is -0.842. The van der Waals surface area contributed by atoms with Gasteiger partial charge in [0, 0.05) is 35.0 Å². The number of allylic oxidation sites excluding steroid dienone is 2. The molecule has 11 heteroatoms. The molecule has 3 rings (SSSR count). The first-order valence-electron chi connectivity index (χ1n) is 13.4. The zero-order valence-electron chi connectivity index (χ0n) is 24.7. The third-order valence-electron chi connectivity index (χ3n) is 6.91. The Morgan fingerprint density at radius 3 is 2.14 bits per heavy atom. The number of rotatable bonds is 12. The molecule has 0 fully saturated rings. The monoisotopic (exact) mass is 599 g/mol. The normalized spacial score (nSPS) is 14.7. The predicted molar refractivity (Wildman–Crippen MR) is 159 cm³/mol. The molecule has 2 aromatic rings. The summed E-state index contributed by atoms with van der Waals surface area (Å²) in [5.74, 6) is -2.08. The van der Waals surface area contributed by atoms with Gasteiger partial charge in [0.05, 0.1) is 37.4 Å². The lowest BCUT2D eigenvalue weighted by Crippen LogP contribution is -2.50. The Labute approximate surface area is 251 Å². The zero-order valence-corrected chi connectivity index (χ0v) is 25.4. The molecule has 2 aromatic carbocycles. The number of aliphatic hydroxyl groups is 1. The number of carbonyl (C=O) groups is 3. The van der Waals surface area contributed by atoms with Crippen LogP contribution in [-0.4, -0.2) is 62.4 Å². The molecule has 0 radical (unpaired) electrons. The van der Waals surface area contributed by atoms with Crippen LogP contribution < -0.4 is 20.7 Å². The van der Waals surface area contributed by atoms with Crippen molar-refractivity contribution in [3.05, 3.63) is 87.2 Å². The molecule has 0 bridgehead atoms. The Morgan fingerprint density at radius 2 is 1.60 bits per heavy atom. The number of halogens is 1. The maximum atomic E-state index is 12.7. The Morgan fingerprint density at radius 1 is 1.00 bits per heavy atom. The SMILES string of the molecule is COC(=O)C1=C(C)NC(C)=C(C(=O)OC)C1c1ccc(OCC(=O)NCC(C)(C)NCC(O)c2ccccc2)cc1Cl. The first kappa shape index (κ1) is 32.7. The summed E-state index contributed by atoms with van der Waals surface area (Å²) in [6, 6.07) is 14.1. The second kappa shape index (κ2) is 14.4. The highest BCUT2D eigenvalue weighted by molar-refractivity contribution is 6.31. The largest absolute Gasteiger partial charge is 0.484 e. The predicted octanol–water partition coefficient (Wildman–Crippen LogP) is 3.52. The molecule has 226 valence electrons. The zero-order chi connectivity index (χ0) is 31.0. The van der Waals surface area contributed by atoms with Gasteiger partial charge in [-0.2, -0.15) is 0 Å². The van der Waals surface area contributed by atoms with E-state index in [0.29, 0.717) is 35.8 Å². The Kier molecular flexibility index (Phi) is 11.2. The van der Waals surface area contributed by atoms with Crippen molar-refractivity contribution in [1.82, 2.24) is 16.0 Å². The molecular weight excluding hydrogens is 562 g/mol. The van der Waals surface area contributed by atoms with E-state index in [2.05, 4.69) is 16.0 Å². The summed E-state index contributed by atoms with van der Waals surface area (Å²) in [7, 11) is 2.52. The van der Waals surface area contributed by atoms with Gasteiger partial charge in [-0.15, -0.1) is 0 Å². The van der Waals surface area contributed by atoms with E-state index in [1.165, 1.54) is 20.3 Å². The van der Waals surface area contributed by atoms with Crippen LogP contribution in [0.25, 0.3) is 0 Å². The molecule has 42 heavy (non-hydrogen) atoms. The summed E-state index contributed by atoms with van der Waals surface area (Å²) >= 11 is 6.65. The summed E-state index contributed by atoms with van der Waals surface area (Å²) < 4.78 is 15.7. The van der Waals surface area contributed by atoms with Gasteiger partial charge in [0.25, 0.3) is 5.91 Å². The van der Waals surface area contributed by atoms with Crippen LogP contribution in [0, 0.1) is 0 Å². The molecule has 0 aliphatic carbocycles. The third kappa shape index (κ3) is 8.12. The van der Waals surface area contributed by atoms with Crippen molar-refractivity contribution in [3.8, 4) is 5.75 Å². The molecule has 1 aliphatic heterocycles. The van der Waals surface area contributed by atoms with Crippen molar-refractivity contribution in [1.29, 1.82) is 0 Å². The maximum Gasteiger partial charge on any atom is 0.336 e. The van der Waals surface area contributed by atoms with Gasteiger partial charge in [0.2, 0.25) is 0 Å². The summed E-state index contributed by atoms with van der Waals surface area (Å²) in [6.07, 6.45) is -0.673. The maximum absolute atomic E-state index is 12.7. The van der Waals surface area contributed by atoms with E-state index in [1.54, 1.807) is 26.0 Å². The van der Waals surface area contributed by atoms with Gasteiger partial charge in [0.15, 0.2) is 6.61 Å². The van der Waals surface area contributed by atoms with Crippen molar-refractivity contribution >= 4 is 29.4 Å². The first-order chi connectivity index (χ1) is 19.9. The Bertz CT molecular complexity index is 1330. The summed E-state index contributed by atoms with van der Waals surface area (Å²) in [6.45, 7) is 7.63. The molecular formula is C31H38ClN3O7. The average molecular weight is 600 g/mol. The third-order valence-corrected chi connectivity index (χ3v) is 7.24. The lowest BCUT2D eigenvalue weighted by molar-refractivity contribution is -0.137. The van der Waals surface area contributed by atoms with Crippen molar-refractivity contribution in [2.24, 2.45) is 0 Å². The van der Waals surface area contributed by atoms with Gasteiger partial charge in [-0.1, -0.05) is 48.0 Å². The first-order valence-corrected chi connectivity index (χ1v) is 13.8. The van der Waals surface area contributed by atoms with E-state index in [0.717, 1.165) is 5.56 Å². The van der Waals surface area contributed by atoms with Gasteiger partial charge < -0.3 is 35.3 Å². The lowest BCUT2D eigenvalue weighted by Gasteiger charge is -2.30. The number of hydrogen-bond donors (Lipinski definition) is 4. The molecule has 0 saturated carbocycles. The van der Waals surface area contributed by atoms with E-state index in [4.69, 9.17) is 25.8 Å².